The van der Waals surface area contributed by atoms with Crippen molar-refractivity contribution in [3.8, 4) is 5.75 Å². The summed E-state index contributed by atoms with van der Waals surface area (Å²) in [5.41, 5.74) is -0.202. The van der Waals surface area contributed by atoms with Crippen molar-refractivity contribution < 1.29 is 36.2 Å². The molecule has 1 heterocycles. The van der Waals surface area contributed by atoms with Crippen molar-refractivity contribution in [1.82, 2.24) is 0 Å². The topological polar surface area (TPSA) is 27.7 Å². The number of alkyl halides is 2. The summed E-state index contributed by atoms with van der Waals surface area (Å²) < 4.78 is 84.7. The van der Waals surface area contributed by atoms with Crippen molar-refractivity contribution >= 4 is 0 Å². The fourth-order valence-electron chi connectivity index (χ4n) is 5.02. The van der Waals surface area contributed by atoms with Gasteiger partial charge < -0.3 is 14.2 Å². The van der Waals surface area contributed by atoms with E-state index in [1.807, 2.05) is 0 Å². The summed E-state index contributed by atoms with van der Waals surface area (Å²) in [7, 11) is 0. The molecule has 1 saturated carbocycles. The molecule has 1 aromatic carbocycles. The second-order valence-corrected chi connectivity index (χ2v) is 8.72. The highest BCUT2D eigenvalue weighted by Gasteiger charge is 2.40. The summed E-state index contributed by atoms with van der Waals surface area (Å²) in [6.07, 6.45) is 4.00. The number of hydrogen-bond donors (Lipinski definition) is 0. The van der Waals surface area contributed by atoms with Gasteiger partial charge in [-0.1, -0.05) is 6.08 Å². The third-order valence-corrected chi connectivity index (χ3v) is 6.75. The van der Waals surface area contributed by atoms with Gasteiger partial charge in [0.05, 0.1) is 13.2 Å². The van der Waals surface area contributed by atoms with Crippen LogP contribution >= 0.6 is 0 Å². The fourth-order valence-corrected chi connectivity index (χ4v) is 5.02. The molecule has 4 rings (SSSR count). The van der Waals surface area contributed by atoms with E-state index < -0.39 is 29.3 Å². The summed E-state index contributed by atoms with van der Waals surface area (Å²) >= 11 is 0. The van der Waals surface area contributed by atoms with Crippen molar-refractivity contribution in [1.29, 1.82) is 0 Å². The lowest BCUT2D eigenvalue weighted by Crippen LogP contribution is -2.36. The zero-order valence-electron chi connectivity index (χ0n) is 17.2. The molecule has 172 valence electrons. The largest absolute Gasteiger partial charge is 0.429 e. The first-order valence-corrected chi connectivity index (χ1v) is 11.0. The van der Waals surface area contributed by atoms with Crippen molar-refractivity contribution in [2.45, 2.75) is 63.8 Å². The zero-order chi connectivity index (χ0) is 22.0. The van der Waals surface area contributed by atoms with E-state index in [0.29, 0.717) is 42.7 Å². The van der Waals surface area contributed by atoms with Crippen LogP contribution in [-0.2, 0) is 9.47 Å². The van der Waals surface area contributed by atoms with E-state index in [2.05, 4.69) is 4.74 Å². The van der Waals surface area contributed by atoms with Crippen LogP contribution in [0.1, 0.15) is 51.4 Å². The Hall–Kier alpha value is -1.67. The molecule has 0 radical (unpaired) electrons. The van der Waals surface area contributed by atoms with E-state index in [9.17, 15) is 22.0 Å². The van der Waals surface area contributed by atoms with E-state index >= 15 is 0 Å². The standard InChI is InChI=1S/C23H27F5O3/c24-19-12-18(13-20(25)21(19)26)31-23(27,28)17-8-6-15(7-9-17)14-2-4-16(5-3-14)22-29-10-1-11-30-22/h8,12-16,22H,1-7,9-11H2. The van der Waals surface area contributed by atoms with Crippen molar-refractivity contribution in [3.63, 3.8) is 0 Å². The Bertz CT molecular complexity index is 775. The summed E-state index contributed by atoms with van der Waals surface area (Å²) in [6, 6.07) is 0.855. The van der Waals surface area contributed by atoms with Crippen LogP contribution in [0.15, 0.2) is 23.8 Å². The molecule has 31 heavy (non-hydrogen) atoms. The maximum absolute atomic E-state index is 14.5. The Labute approximate surface area is 178 Å². The molecule has 1 aromatic rings. The van der Waals surface area contributed by atoms with Crippen LogP contribution in [0.5, 0.6) is 5.75 Å². The van der Waals surface area contributed by atoms with Gasteiger partial charge in [-0.05, 0) is 63.2 Å². The molecule has 0 aromatic heterocycles. The van der Waals surface area contributed by atoms with Crippen molar-refractivity contribution in [3.05, 3.63) is 41.2 Å². The highest BCUT2D eigenvalue weighted by Crippen LogP contribution is 2.43. The van der Waals surface area contributed by atoms with Crippen LogP contribution in [0.4, 0.5) is 22.0 Å². The fraction of sp³-hybridized carbons (Fsp3) is 0.652. The molecule has 0 N–H and O–H groups in total. The molecule has 3 nitrogen and oxygen atoms in total. The van der Waals surface area contributed by atoms with Gasteiger partial charge in [-0.2, -0.15) is 8.78 Å². The average molecular weight is 446 g/mol. The number of rotatable bonds is 5. The predicted octanol–water partition coefficient (Wildman–Crippen LogP) is 6.37. The minimum absolute atomic E-state index is 0.107. The number of halogens is 5. The Morgan fingerprint density at radius 3 is 2.03 bits per heavy atom. The number of benzene rings is 1. The first-order valence-electron chi connectivity index (χ1n) is 11.0. The second-order valence-electron chi connectivity index (χ2n) is 8.72. The molecule has 1 aliphatic heterocycles. The Morgan fingerprint density at radius 1 is 0.839 bits per heavy atom. The van der Waals surface area contributed by atoms with Gasteiger partial charge in [0.2, 0.25) is 0 Å². The minimum Gasteiger partial charge on any atom is -0.429 e. The maximum Gasteiger partial charge on any atom is 0.422 e. The molecule has 8 heteroatoms. The lowest BCUT2D eigenvalue weighted by molar-refractivity contribution is -0.211. The Morgan fingerprint density at radius 2 is 1.45 bits per heavy atom. The number of hydrogen-bond acceptors (Lipinski definition) is 3. The molecule has 0 spiro atoms. The third-order valence-electron chi connectivity index (χ3n) is 6.75. The molecule has 3 aliphatic rings. The monoisotopic (exact) mass is 446 g/mol. The van der Waals surface area contributed by atoms with Crippen LogP contribution in [0, 0.1) is 35.2 Å². The summed E-state index contributed by atoms with van der Waals surface area (Å²) in [5, 5.41) is 0. The van der Waals surface area contributed by atoms with Gasteiger partial charge in [0.15, 0.2) is 23.7 Å². The summed E-state index contributed by atoms with van der Waals surface area (Å²) in [5.74, 6) is -4.38. The van der Waals surface area contributed by atoms with E-state index in [0.717, 1.165) is 45.3 Å². The molecule has 1 unspecified atom stereocenters. The van der Waals surface area contributed by atoms with Gasteiger partial charge in [-0.3, -0.25) is 0 Å². The molecule has 2 fully saturated rings. The van der Waals surface area contributed by atoms with Crippen LogP contribution in [-0.4, -0.2) is 25.6 Å². The van der Waals surface area contributed by atoms with Crippen molar-refractivity contribution in [2.75, 3.05) is 13.2 Å². The normalized spacial score (nSPS) is 28.3. The lowest BCUT2D eigenvalue weighted by atomic mass is 9.71. The van der Waals surface area contributed by atoms with Crippen LogP contribution in [0.25, 0.3) is 0 Å². The number of allylic oxidation sites excluding steroid dienone is 1. The van der Waals surface area contributed by atoms with E-state index in [4.69, 9.17) is 9.47 Å². The molecule has 0 bridgehead atoms. The molecular weight excluding hydrogens is 419 g/mol. The number of ether oxygens (including phenoxy) is 3. The molecular formula is C23H27F5O3. The highest BCUT2D eigenvalue weighted by atomic mass is 19.3. The van der Waals surface area contributed by atoms with Crippen LogP contribution < -0.4 is 4.74 Å². The van der Waals surface area contributed by atoms with E-state index in [1.165, 1.54) is 6.08 Å². The molecule has 1 atom stereocenters. The third kappa shape index (κ3) is 5.22. The summed E-state index contributed by atoms with van der Waals surface area (Å²) in [4.78, 5) is 0. The average Bonchev–Trinajstić information content (AvgIpc) is 2.78. The highest BCUT2D eigenvalue weighted by molar-refractivity contribution is 5.27. The quantitative estimate of drug-likeness (QED) is 0.299. The lowest BCUT2D eigenvalue weighted by Gasteiger charge is -2.39. The van der Waals surface area contributed by atoms with Gasteiger partial charge in [0.25, 0.3) is 0 Å². The first kappa shape index (κ1) is 22.5. The molecule has 0 amide bonds. The predicted molar refractivity (Wildman–Crippen MR) is 103 cm³/mol. The van der Waals surface area contributed by atoms with E-state index in [1.54, 1.807) is 0 Å². The van der Waals surface area contributed by atoms with Gasteiger partial charge in [-0.15, -0.1) is 0 Å². The Kier molecular flexibility index (Phi) is 6.86. The van der Waals surface area contributed by atoms with Crippen LogP contribution in [0.2, 0.25) is 0 Å². The molecule has 2 aliphatic carbocycles. The van der Waals surface area contributed by atoms with Crippen LogP contribution in [0.3, 0.4) is 0 Å². The zero-order valence-corrected chi connectivity index (χ0v) is 17.2. The maximum atomic E-state index is 14.5. The molecule has 1 saturated heterocycles. The summed E-state index contributed by atoms with van der Waals surface area (Å²) in [6.45, 7) is 1.49. The van der Waals surface area contributed by atoms with Gasteiger partial charge >= 0.3 is 6.11 Å². The SMILES string of the molecule is Fc1cc(OC(F)(F)C2=CCC(C3CCC(C4OCCCO4)CC3)CC2)cc(F)c1F. The smallest absolute Gasteiger partial charge is 0.422 e. The van der Waals surface area contributed by atoms with Gasteiger partial charge in [0.1, 0.15) is 5.75 Å². The Balaban J connectivity index is 1.31. The van der Waals surface area contributed by atoms with Gasteiger partial charge in [-0.25, -0.2) is 13.2 Å². The van der Waals surface area contributed by atoms with Gasteiger partial charge in [0, 0.05) is 23.6 Å². The van der Waals surface area contributed by atoms with Crippen molar-refractivity contribution in [2.24, 2.45) is 17.8 Å². The van der Waals surface area contributed by atoms with E-state index in [-0.39, 0.29) is 18.3 Å². The first-order chi connectivity index (χ1) is 14.8. The minimum atomic E-state index is -3.70. The second kappa shape index (κ2) is 9.45.